The molecule has 152 valence electrons. The fourth-order valence-corrected chi connectivity index (χ4v) is 3.75. The lowest BCUT2D eigenvalue weighted by Gasteiger charge is -2.36. The Kier molecular flexibility index (Phi) is 6.17. The molecular weight excluding hydrogens is 364 g/mol. The molecule has 0 bridgehead atoms. The number of likely N-dealkylation sites (N-methyl/N-ethyl adjacent to an activating group) is 1. The SMILES string of the molecule is COc1cccc(C(c2nnn(CCc3ccccc3)n2)N2CCN(C)CC2)c1. The van der Waals surface area contributed by atoms with E-state index in [2.05, 4.69) is 63.6 Å². The van der Waals surface area contributed by atoms with Crippen LogP contribution in [0.25, 0.3) is 0 Å². The maximum absolute atomic E-state index is 5.45. The molecule has 1 fully saturated rings. The van der Waals surface area contributed by atoms with Crippen LogP contribution in [-0.4, -0.2) is 70.3 Å². The zero-order valence-corrected chi connectivity index (χ0v) is 17.1. The van der Waals surface area contributed by atoms with Crippen molar-refractivity contribution in [3.63, 3.8) is 0 Å². The van der Waals surface area contributed by atoms with Crippen molar-refractivity contribution in [1.82, 2.24) is 30.0 Å². The van der Waals surface area contributed by atoms with Crippen LogP contribution >= 0.6 is 0 Å². The molecule has 1 aliphatic heterocycles. The van der Waals surface area contributed by atoms with Gasteiger partial charge in [0.05, 0.1) is 19.7 Å². The summed E-state index contributed by atoms with van der Waals surface area (Å²) in [6.07, 6.45) is 0.884. The number of aryl methyl sites for hydroxylation is 2. The van der Waals surface area contributed by atoms with Gasteiger partial charge in [-0.2, -0.15) is 4.80 Å². The van der Waals surface area contributed by atoms with E-state index in [1.54, 1.807) is 11.9 Å². The van der Waals surface area contributed by atoms with Crippen molar-refractivity contribution in [2.24, 2.45) is 0 Å². The molecule has 7 nitrogen and oxygen atoms in total. The number of ether oxygens (including phenoxy) is 1. The average Bonchev–Trinajstić information content (AvgIpc) is 3.23. The normalized spacial score (nSPS) is 16.6. The van der Waals surface area contributed by atoms with Crippen LogP contribution in [0.15, 0.2) is 54.6 Å². The van der Waals surface area contributed by atoms with E-state index in [9.17, 15) is 0 Å². The van der Waals surface area contributed by atoms with Gasteiger partial charge < -0.3 is 9.64 Å². The second kappa shape index (κ2) is 9.15. The first-order valence-electron chi connectivity index (χ1n) is 10.1. The highest BCUT2D eigenvalue weighted by Gasteiger charge is 2.29. The van der Waals surface area contributed by atoms with Crippen LogP contribution in [0.1, 0.15) is 23.0 Å². The van der Waals surface area contributed by atoms with Gasteiger partial charge in [-0.25, -0.2) is 0 Å². The van der Waals surface area contributed by atoms with E-state index in [0.29, 0.717) is 6.54 Å². The van der Waals surface area contributed by atoms with Crippen molar-refractivity contribution in [1.29, 1.82) is 0 Å². The number of piperazine rings is 1. The Morgan fingerprint density at radius 1 is 1.00 bits per heavy atom. The van der Waals surface area contributed by atoms with Crippen LogP contribution in [0.3, 0.4) is 0 Å². The molecule has 0 spiro atoms. The summed E-state index contributed by atoms with van der Waals surface area (Å²) >= 11 is 0. The quantitative estimate of drug-likeness (QED) is 0.615. The molecule has 4 rings (SSSR count). The van der Waals surface area contributed by atoms with Crippen molar-refractivity contribution in [3.05, 3.63) is 71.5 Å². The molecule has 1 atom stereocenters. The molecule has 1 saturated heterocycles. The van der Waals surface area contributed by atoms with Crippen LogP contribution in [0.4, 0.5) is 0 Å². The zero-order chi connectivity index (χ0) is 20.1. The first kappa shape index (κ1) is 19.5. The van der Waals surface area contributed by atoms with Gasteiger partial charge in [0.15, 0.2) is 5.82 Å². The zero-order valence-electron chi connectivity index (χ0n) is 17.1. The molecule has 1 unspecified atom stereocenters. The second-order valence-electron chi connectivity index (χ2n) is 7.50. The highest BCUT2D eigenvalue weighted by molar-refractivity contribution is 5.33. The third kappa shape index (κ3) is 4.81. The van der Waals surface area contributed by atoms with E-state index in [0.717, 1.165) is 49.7 Å². The molecule has 7 heteroatoms. The predicted octanol–water partition coefficient (Wildman–Crippen LogP) is 2.26. The van der Waals surface area contributed by atoms with Gasteiger partial charge in [0.25, 0.3) is 0 Å². The first-order chi connectivity index (χ1) is 14.2. The van der Waals surface area contributed by atoms with Gasteiger partial charge in [0.2, 0.25) is 0 Å². The van der Waals surface area contributed by atoms with Gasteiger partial charge in [0, 0.05) is 26.2 Å². The van der Waals surface area contributed by atoms with Crippen LogP contribution < -0.4 is 4.74 Å². The largest absolute Gasteiger partial charge is 0.497 e. The van der Waals surface area contributed by atoms with Gasteiger partial charge in [0.1, 0.15) is 5.75 Å². The molecule has 3 aromatic rings. The summed E-state index contributed by atoms with van der Waals surface area (Å²) in [5.74, 6) is 1.59. The topological polar surface area (TPSA) is 59.3 Å². The van der Waals surface area contributed by atoms with Crippen LogP contribution in [0.5, 0.6) is 5.75 Å². The highest BCUT2D eigenvalue weighted by atomic mass is 16.5. The Hall–Kier alpha value is -2.77. The van der Waals surface area contributed by atoms with E-state index in [4.69, 9.17) is 9.84 Å². The molecule has 1 aromatic heterocycles. The molecule has 29 heavy (non-hydrogen) atoms. The first-order valence-corrected chi connectivity index (χ1v) is 10.1. The van der Waals surface area contributed by atoms with Gasteiger partial charge in [-0.1, -0.05) is 42.5 Å². The number of aromatic nitrogens is 4. The Morgan fingerprint density at radius 3 is 2.55 bits per heavy atom. The average molecular weight is 393 g/mol. The maximum Gasteiger partial charge on any atom is 0.196 e. The fourth-order valence-electron chi connectivity index (χ4n) is 3.75. The molecule has 0 amide bonds. The number of tetrazole rings is 1. The Bertz CT molecular complexity index is 904. The van der Waals surface area contributed by atoms with Gasteiger partial charge in [-0.3, -0.25) is 4.90 Å². The Labute approximate surface area is 171 Å². The van der Waals surface area contributed by atoms with Gasteiger partial charge >= 0.3 is 0 Å². The van der Waals surface area contributed by atoms with E-state index in [-0.39, 0.29) is 6.04 Å². The third-order valence-corrected chi connectivity index (χ3v) is 5.47. The molecule has 0 aliphatic carbocycles. The van der Waals surface area contributed by atoms with Crippen molar-refractivity contribution < 1.29 is 4.74 Å². The van der Waals surface area contributed by atoms with E-state index in [1.807, 2.05) is 18.2 Å². The van der Waals surface area contributed by atoms with E-state index in [1.165, 1.54) is 5.56 Å². The monoisotopic (exact) mass is 392 g/mol. The van der Waals surface area contributed by atoms with Gasteiger partial charge in [-0.05, 0) is 41.9 Å². The Balaban J connectivity index is 1.56. The summed E-state index contributed by atoms with van der Waals surface area (Å²) in [5, 5.41) is 13.5. The standard InChI is InChI=1S/C22H28N6O/c1-26-13-15-27(16-14-26)21(19-9-6-10-20(17-19)29-2)22-23-25-28(24-22)12-11-18-7-4-3-5-8-18/h3-10,17,21H,11-16H2,1-2H3. The smallest absolute Gasteiger partial charge is 0.196 e. The number of methoxy groups -OCH3 is 1. The lowest BCUT2D eigenvalue weighted by Crippen LogP contribution is -2.46. The summed E-state index contributed by atoms with van der Waals surface area (Å²) in [6, 6.07) is 18.6. The van der Waals surface area contributed by atoms with E-state index >= 15 is 0 Å². The summed E-state index contributed by atoms with van der Waals surface area (Å²) < 4.78 is 5.45. The summed E-state index contributed by atoms with van der Waals surface area (Å²) in [5.41, 5.74) is 2.41. The lowest BCUT2D eigenvalue weighted by molar-refractivity contribution is 0.123. The maximum atomic E-state index is 5.45. The molecule has 1 aliphatic rings. The molecule has 2 heterocycles. The number of hydrogen-bond acceptors (Lipinski definition) is 6. The summed E-state index contributed by atoms with van der Waals surface area (Å²) in [6.45, 7) is 4.71. The van der Waals surface area contributed by atoms with Crippen molar-refractivity contribution in [2.75, 3.05) is 40.3 Å². The minimum Gasteiger partial charge on any atom is -0.497 e. The van der Waals surface area contributed by atoms with E-state index < -0.39 is 0 Å². The molecule has 0 radical (unpaired) electrons. The molecule has 0 N–H and O–H groups in total. The highest BCUT2D eigenvalue weighted by Crippen LogP contribution is 2.29. The number of benzene rings is 2. The van der Waals surface area contributed by atoms with Crippen molar-refractivity contribution >= 4 is 0 Å². The predicted molar refractivity (Wildman–Crippen MR) is 112 cm³/mol. The number of nitrogens with zero attached hydrogens (tertiary/aromatic N) is 6. The fraction of sp³-hybridized carbons (Fsp3) is 0.409. The minimum atomic E-state index is -0.0238. The molecular formula is C22H28N6O. The minimum absolute atomic E-state index is 0.0238. The molecule has 2 aromatic carbocycles. The van der Waals surface area contributed by atoms with Crippen LogP contribution in [0, 0.1) is 0 Å². The lowest BCUT2D eigenvalue weighted by atomic mass is 10.0. The third-order valence-electron chi connectivity index (χ3n) is 5.47. The number of hydrogen-bond donors (Lipinski definition) is 0. The van der Waals surface area contributed by atoms with Crippen molar-refractivity contribution in [3.8, 4) is 5.75 Å². The summed E-state index contributed by atoms with van der Waals surface area (Å²) in [4.78, 5) is 6.50. The Morgan fingerprint density at radius 2 is 1.79 bits per heavy atom. The van der Waals surface area contributed by atoms with Crippen LogP contribution in [0.2, 0.25) is 0 Å². The second-order valence-corrected chi connectivity index (χ2v) is 7.50. The van der Waals surface area contributed by atoms with Crippen molar-refractivity contribution in [2.45, 2.75) is 19.0 Å². The number of rotatable bonds is 7. The summed E-state index contributed by atoms with van der Waals surface area (Å²) in [7, 11) is 3.86. The molecule has 0 saturated carbocycles. The van der Waals surface area contributed by atoms with Crippen LogP contribution in [-0.2, 0) is 13.0 Å². The van der Waals surface area contributed by atoms with Gasteiger partial charge in [-0.15, -0.1) is 10.2 Å².